The highest BCUT2D eigenvalue weighted by atomic mass is 31.1. The summed E-state index contributed by atoms with van der Waals surface area (Å²) in [5.74, 6) is 0. The first-order valence-corrected chi connectivity index (χ1v) is 22.4. The summed E-state index contributed by atoms with van der Waals surface area (Å²) in [4.78, 5) is 0. The van der Waals surface area contributed by atoms with Crippen molar-refractivity contribution in [2.45, 2.75) is 12.3 Å². The largest absolute Gasteiger partial charge is 0.133 e. The van der Waals surface area contributed by atoms with E-state index in [2.05, 4.69) is 206 Å². The first kappa shape index (κ1) is 32.8. The van der Waals surface area contributed by atoms with Crippen molar-refractivity contribution in [3.05, 3.63) is 217 Å². The third kappa shape index (κ3) is 6.01. The van der Waals surface area contributed by atoms with Crippen LogP contribution in [0.25, 0.3) is 54.9 Å². The van der Waals surface area contributed by atoms with Crippen LogP contribution >= 0.6 is 7.92 Å². The lowest BCUT2D eigenvalue weighted by molar-refractivity contribution is 1.40. The van der Waals surface area contributed by atoms with Gasteiger partial charge in [0.05, 0.1) is 0 Å². The topological polar surface area (TPSA) is 0 Å². The Morgan fingerprint density at radius 3 is 1.37 bits per heavy atom. The highest BCUT2D eigenvalue weighted by Crippen LogP contribution is 2.52. The van der Waals surface area contributed by atoms with Crippen molar-refractivity contribution >= 4 is 59.1 Å². The van der Waals surface area contributed by atoms with Crippen molar-refractivity contribution in [3.8, 4) is 33.4 Å². The zero-order valence-corrected chi connectivity index (χ0v) is 32.1. The molecule has 0 nitrogen and oxygen atoms in total. The Hall–Kier alpha value is -5.85. The van der Waals surface area contributed by atoms with Gasteiger partial charge in [-0.2, -0.15) is 0 Å². The third-order valence-corrected chi connectivity index (χ3v) is 17.2. The van der Waals surface area contributed by atoms with E-state index in [9.17, 15) is 0 Å². The molecule has 0 aromatic heterocycles. The average Bonchev–Trinajstić information content (AvgIpc) is 3.42. The van der Waals surface area contributed by atoms with Crippen LogP contribution in [0.2, 0.25) is 0 Å². The predicted octanol–water partition coefficient (Wildman–Crippen LogP) is 11.1. The second-order valence-electron chi connectivity index (χ2n) is 14.5. The molecule has 0 saturated heterocycles. The summed E-state index contributed by atoms with van der Waals surface area (Å²) in [5.41, 5.74) is 10.9. The van der Waals surface area contributed by atoms with Gasteiger partial charge >= 0.3 is 0 Å². The first-order chi connectivity index (χ1) is 26.8. The van der Waals surface area contributed by atoms with E-state index in [4.69, 9.17) is 0 Å². The van der Waals surface area contributed by atoms with E-state index in [1.807, 2.05) is 0 Å². The van der Waals surface area contributed by atoms with Gasteiger partial charge in [-0.1, -0.05) is 218 Å². The summed E-state index contributed by atoms with van der Waals surface area (Å²) in [7, 11) is -2.55. The molecule has 0 bridgehead atoms. The van der Waals surface area contributed by atoms with Gasteiger partial charge in [-0.05, 0) is 94.9 Å². The van der Waals surface area contributed by atoms with Gasteiger partial charge in [-0.3, -0.25) is 0 Å². The van der Waals surface area contributed by atoms with Crippen molar-refractivity contribution in [2.24, 2.45) is 0 Å². The molecule has 9 aromatic carbocycles. The van der Waals surface area contributed by atoms with Crippen LogP contribution in [0.5, 0.6) is 0 Å². The van der Waals surface area contributed by atoms with Gasteiger partial charge in [0.2, 0.25) is 0 Å². The summed E-state index contributed by atoms with van der Waals surface area (Å²) in [5, 5.41) is 11.4. The summed E-state index contributed by atoms with van der Waals surface area (Å²) in [6, 6.07) is 77.7. The molecule has 10 rings (SSSR count). The van der Waals surface area contributed by atoms with Gasteiger partial charge < -0.3 is 0 Å². The molecule has 0 saturated carbocycles. The Balaban J connectivity index is 1.19. The third-order valence-electron chi connectivity index (χ3n) is 11.2. The summed E-state index contributed by atoms with van der Waals surface area (Å²) in [6.45, 7) is 0. The monoisotopic (exact) mass is 722 g/mol. The SMILES string of the molecule is c1ccc(-c2cc(-c3ccccc3)cc([Si@@H](c3ccccc3)c3ccccc3P3Cc4ccc5ccccc5c4-c4c(ccc5ccccc45)C3)c2)cc1. The number of rotatable bonds is 6. The molecule has 0 radical (unpaired) electrons. The molecule has 0 amide bonds. The molecule has 0 unspecified atom stereocenters. The highest BCUT2D eigenvalue weighted by molar-refractivity contribution is 7.64. The molecule has 1 heterocycles. The molecule has 0 aliphatic carbocycles. The maximum Gasteiger partial charge on any atom is 0.133 e. The molecule has 1 atom stereocenters. The van der Waals surface area contributed by atoms with Crippen molar-refractivity contribution < 1.29 is 0 Å². The molecule has 2 heteroatoms. The standard InChI is InChI=1S/C52H39PSi/c1-4-16-37(17-5-1)43-32-44(38-18-6-2-7-19-38)34-46(33-43)54(45-22-8-3-9-23-45)50-27-15-14-26-49(50)53-35-41-30-28-39-20-10-12-24-47(39)51(41)52-42(36-53)31-29-40-21-11-13-25-48(40)52/h1-34,54H,35-36H2/t54-/m1/s1. The minimum atomic E-state index is -1.97. The molecule has 0 fully saturated rings. The first-order valence-electron chi connectivity index (χ1n) is 18.9. The van der Waals surface area contributed by atoms with Gasteiger partial charge in [0, 0.05) is 0 Å². The van der Waals surface area contributed by atoms with E-state index in [0.29, 0.717) is 0 Å². The minimum Gasteiger partial charge on any atom is -0.0664 e. The predicted molar refractivity (Wildman–Crippen MR) is 237 cm³/mol. The molecule has 1 aliphatic rings. The summed E-state index contributed by atoms with van der Waals surface area (Å²) < 4.78 is 0. The fourth-order valence-electron chi connectivity index (χ4n) is 8.75. The van der Waals surface area contributed by atoms with E-state index in [1.54, 1.807) is 10.5 Å². The maximum absolute atomic E-state index is 2.51. The maximum atomic E-state index is 2.51. The second-order valence-corrected chi connectivity index (χ2v) is 19.5. The van der Waals surface area contributed by atoms with Crippen LogP contribution in [-0.2, 0) is 12.3 Å². The molecule has 0 N–H and O–H groups in total. The molecular formula is C52H39PSi. The van der Waals surface area contributed by atoms with Crippen molar-refractivity contribution in [1.29, 1.82) is 0 Å². The van der Waals surface area contributed by atoms with Crippen molar-refractivity contribution in [3.63, 3.8) is 0 Å². The molecule has 0 spiro atoms. The number of hydrogen-bond acceptors (Lipinski definition) is 0. The number of fused-ring (bicyclic) bond motifs is 7. The van der Waals surface area contributed by atoms with Crippen LogP contribution in [-0.4, -0.2) is 8.80 Å². The Morgan fingerprint density at radius 1 is 0.352 bits per heavy atom. The van der Waals surface area contributed by atoms with Crippen molar-refractivity contribution in [2.75, 3.05) is 0 Å². The Morgan fingerprint density at radius 2 is 0.815 bits per heavy atom. The molecule has 9 aromatic rings. The molecule has 256 valence electrons. The van der Waals surface area contributed by atoms with Crippen LogP contribution in [0.3, 0.4) is 0 Å². The van der Waals surface area contributed by atoms with E-state index < -0.39 is 16.7 Å². The van der Waals surface area contributed by atoms with E-state index in [0.717, 1.165) is 12.3 Å². The molecular weight excluding hydrogens is 684 g/mol. The summed E-state index contributed by atoms with van der Waals surface area (Å²) >= 11 is 0. The van der Waals surface area contributed by atoms with Gasteiger partial charge in [0.1, 0.15) is 8.80 Å². The Labute approximate surface area is 320 Å². The normalized spacial score (nSPS) is 13.3. The van der Waals surface area contributed by atoms with Gasteiger partial charge in [-0.25, -0.2) is 0 Å². The zero-order chi connectivity index (χ0) is 35.8. The Kier molecular flexibility index (Phi) is 8.61. The van der Waals surface area contributed by atoms with Gasteiger partial charge in [-0.15, -0.1) is 0 Å². The van der Waals surface area contributed by atoms with Crippen LogP contribution in [0.15, 0.2) is 206 Å². The average molecular weight is 723 g/mol. The fourth-order valence-corrected chi connectivity index (χ4v) is 15.3. The van der Waals surface area contributed by atoms with Gasteiger partial charge in [0.25, 0.3) is 0 Å². The van der Waals surface area contributed by atoms with Gasteiger partial charge in [0.15, 0.2) is 0 Å². The Bertz CT molecular complexity index is 2630. The lowest BCUT2D eigenvalue weighted by Crippen LogP contribution is -2.56. The quantitative estimate of drug-likeness (QED) is 0.0911. The minimum absolute atomic E-state index is 0.580. The van der Waals surface area contributed by atoms with Crippen LogP contribution in [0, 0.1) is 0 Å². The van der Waals surface area contributed by atoms with E-state index in [-0.39, 0.29) is 0 Å². The lowest BCUT2D eigenvalue weighted by atomic mass is 9.88. The number of hydrogen-bond donors (Lipinski definition) is 0. The lowest BCUT2D eigenvalue weighted by Gasteiger charge is -2.26. The highest BCUT2D eigenvalue weighted by Gasteiger charge is 2.30. The summed E-state index contributed by atoms with van der Waals surface area (Å²) in [6.07, 6.45) is 2.12. The second kappa shape index (κ2) is 14.2. The molecule has 54 heavy (non-hydrogen) atoms. The fraction of sp³-hybridized carbons (Fsp3) is 0.0385. The van der Waals surface area contributed by atoms with E-state index in [1.165, 1.54) is 76.4 Å². The van der Waals surface area contributed by atoms with Crippen LogP contribution < -0.4 is 20.9 Å². The zero-order valence-electron chi connectivity index (χ0n) is 30.1. The number of benzene rings is 9. The molecule has 1 aliphatic heterocycles. The smallest absolute Gasteiger partial charge is 0.0664 e. The van der Waals surface area contributed by atoms with Crippen molar-refractivity contribution in [1.82, 2.24) is 0 Å². The van der Waals surface area contributed by atoms with E-state index >= 15 is 0 Å². The van der Waals surface area contributed by atoms with Crippen LogP contribution in [0.4, 0.5) is 0 Å². The van der Waals surface area contributed by atoms with Crippen LogP contribution in [0.1, 0.15) is 11.1 Å².